The summed E-state index contributed by atoms with van der Waals surface area (Å²) < 4.78 is 0. The van der Waals surface area contributed by atoms with E-state index in [-0.39, 0.29) is 0 Å². The Labute approximate surface area is 75.9 Å². The number of carbonyl (C=O) groups is 2. The van der Waals surface area contributed by atoms with Gasteiger partial charge in [-0.15, -0.1) is 0 Å². The fourth-order valence-corrected chi connectivity index (χ4v) is 1.73. The Balaban J connectivity index is 3.26. The molecule has 72 valence electrons. The summed E-state index contributed by atoms with van der Waals surface area (Å²) in [6, 6.07) is 0. The largest absolute Gasteiger partial charge is 0.480 e. The molecule has 4 nitrogen and oxygen atoms in total. The van der Waals surface area contributed by atoms with Crippen LogP contribution in [0.25, 0.3) is 0 Å². The van der Waals surface area contributed by atoms with E-state index >= 15 is 0 Å². The Morgan fingerprint density at radius 3 is 1.85 bits per heavy atom. The average molecular weight is 184 g/mol. The zero-order valence-corrected chi connectivity index (χ0v) is 7.57. The van der Waals surface area contributed by atoms with Gasteiger partial charge in [0.15, 0.2) is 5.41 Å². The first-order valence-electron chi connectivity index (χ1n) is 3.99. The zero-order valence-electron chi connectivity index (χ0n) is 7.57. The maximum Gasteiger partial charge on any atom is 0.325 e. The van der Waals surface area contributed by atoms with Gasteiger partial charge in [0.05, 0.1) is 0 Å². The van der Waals surface area contributed by atoms with E-state index in [1.54, 1.807) is 19.9 Å². The van der Waals surface area contributed by atoms with Crippen LogP contribution in [0.1, 0.15) is 20.3 Å². The molecule has 1 aliphatic rings. The van der Waals surface area contributed by atoms with E-state index < -0.39 is 22.8 Å². The Kier molecular flexibility index (Phi) is 1.94. The first-order chi connectivity index (χ1) is 5.84. The van der Waals surface area contributed by atoms with Gasteiger partial charge in [0.2, 0.25) is 0 Å². The normalized spacial score (nSPS) is 22.9. The SMILES string of the molecule is CC1(C)CC=CC1(C(=O)O)C(=O)O. The Bertz CT molecular complexity index is 274. The molecule has 4 heteroatoms. The number of carboxylic acid groups (broad SMARTS) is 2. The number of hydrogen-bond donors (Lipinski definition) is 2. The van der Waals surface area contributed by atoms with Gasteiger partial charge in [-0.05, 0) is 11.8 Å². The highest BCUT2D eigenvalue weighted by Gasteiger charge is 2.57. The van der Waals surface area contributed by atoms with Crippen molar-refractivity contribution in [3.63, 3.8) is 0 Å². The molecule has 0 atom stereocenters. The molecule has 0 saturated heterocycles. The number of hydrogen-bond acceptors (Lipinski definition) is 2. The summed E-state index contributed by atoms with van der Waals surface area (Å²) in [7, 11) is 0. The molecule has 0 heterocycles. The van der Waals surface area contributed by atoms with Gasteiger partial charge in [-0.25, -0.2) is 0 Å². The molecule has 1 rings (SSSR count). The van der Waals surface area contributed by atoms with Crippen molar-refractivity contribution in [1.29, 1.82) is 0 Å². The van der Waals surface area contributed by atoms with Crippen LogP contribution in [0.15, 0.2) is 12.2 Å². The third kappa shape index (κ3) is 1.05. The van der Waals surface area contributed by atoms with Crippen molar-refractivity contribution in [1.82, 2.24) is 0 Å². The molecule has 0 amide bonds. The molecular weight excluding hydrogens is 172 g/mol. The minimum Gasteiger partial charge on any atom is -0.480 e. The first-order valence-corrected chi connectivity index (χ1v) is 3.99. The van der Waals surface area contributed by atoms with Crippen LogP contribution in [0.4, 0.5) is 0 Å². The highest BCUT2D eigenvalue weighted by atomic mass is 16.4. The van der Waals surface area contributed by atoms with E-state index in [0.29, 0.717) is 6.42 Å². The Morgan fingerprint density at radius 1 is 1.23 bits per heavy atom. The average Bonchev–Trinajstić information content (AvgIpc) is 2.25. The standard InChI is InChI=1S/C9H12O4/c1-8(2)4-3-5-9(8,6(10)11)7(12)13/h3,5H,4H2,1-2H3,(H,10,11)(H,12,13). The van der Waals surface area contributed by atoms with Gasteiger partial charge in [0, 0.05) is 0 Å². The Hall–Kier alpha value is -1.32. The van der Waals surface area contributed by atoms with Crippen LogP contribution < -0.4 is 0 Å². The minimum atomic E-state index is -1.76. The molecule has 0 spiro atoms. The maximum absolute atomic E-state index is 10.9. The summed E-state index contributed by atoms with van der Waals surface area (Å²) >= 11 is 0. The van der Waals surface area contributed by atoms with Crippen LogP contribution in [0.3, 0.4) is 0 Å². The smallest absolute Gasteiger partial charge is 0.325 e. The molecule has 0 aromatic carbocycles. The molecule has 0 bridgehead atoms. The number of carboxylic acids is 2. The van der Waals surface area contributed by atoms with Gasteiger partial charge >= 0.3 is 11.9 Å². The minimum absolute atomic E-state index is 0.478. The lowest BCUT2D eigenvalue weighted by atomic mass is 9.68. The molecule has 0 aromatic heterocycles. The second-order valence-corrected chi connectivity index (χ2v) is 3.91. The van der Waals surface area contributed by atoms with Crippen molar-refractivity contribution in [2.45, 2.75) is 20.3 Å². The van der Waals surface area contributed by atoms with E-state index in [0.717, 1.165) is 0 Å². The van der Waals surface area contributed by atoms with Crippen LogP contribution in [0.2, 0.25) is 0 Å². The third-order valence-corrected chi connectivity index (χ3v) is 2.74. The topological polar surface area (TPSA) is 74.6 Å². The molecule has 1 aliphatic carbocycles. The lowest BCUT2D eigenvalue weighted by molar-refractivity contribution is -0.167. The van der Waals surface area contributed by atoms with Crippen molar-refractivity contribution in [2.75, 3.05) is 0 Å². The molecule has 0 unspecified atom stereocenters. The van der Waals surface area contributed by atoms with E-state index in [2.05, 4.69) is 0 Å². The molecule has 0 aromatic rings. The summed E-state index contributed by atoms with van der Waals surface area (Å²) in [6.07, 6.45) is 3.37. The van der Waals surface area contributed by atoms with Crippen molar-refractivity contribution in [3.05, 3.63) is 12.2 Å². The van der Waals surface area contributed by atoms with Crippen LogP contribution in [-0.4, -0.2) is 22.2 Å². The summed E-state index contributed by atoms with van der Waals surface area (Å²) in [6.45, 7) is 3.30. The van der Waals surface area contributed by atoms with Gasteiger partial charge in [-0.2, -0.15) is 0 Å². The third-order valence-electron chi connectivity index (χ3n) is 2.74. The molecule has 13 heavy (non-hydrogen) atoms. The van der Waals surface area contributed by atoms with Crippen LogP contribution >= 0.6 is 0 Å². The van der Waals surface area contributed by atoms with Gasteiger partial charge in [0.1, 0.15) is 0 Å². The number of aliphatic carboxylic acids is 2. The van der Waals surface area contributed by atoms with Crippen LogP contribution in [-0.2, 0) is 9.59 Å². The van der Waals surface area contributed by atoms with Crippen molar-refractivity contribution in [2.24, 2.45) is 10.8 Å². The fraction of sp³-hybridized carbons (Fsp3) is 0.556. The maximum atomic E-state index is 10.9. The molecular formula is C9H12O4. The second kappa shape index (κ2) is 2.58. The molecule has 2 N–H and O–H groups in total. The summed E-state index contributed by atoms with van der Waals surface area (Å²) in [4.78, 5) is 21.9. The van der Waals surface area contributed by atoms with Crippen LogP contribution in [0, 0.1) is 10.8 Å². The lowest BCUT2D eigenvalue weighted by Crippen LogP contribution is -2.46. The molecule has 0 radical (unpaired) electrons. The zero-order chi connectivity index (χ0) is 10.3. The van der Waals surface area contributed by atoms with Gasteiger partial charge in [0.25, 0.3) is 0 Å². The van der Waals surface area contributed by atoms with Gasteiger partial charge in [-0.3, -0.25) is 9.59 Å². The number of rotatable bonds is 2. The molecule has 0 saturated carbocycles. The van der Waals surface area contributed by atoms with E-state index in [4.69, 9.17) is 10.2 Å². The van der Waals surface area contributed by atoms with Gasteiger partial charge in [-0.1, -0.05) is 26.0 Å². The highest BCUT2D eigenvalue weighted by Crippen LogP contribution is 2.48. The summed E-state index contributed by atoms with van der Waals surface area (Å²) in [5.41, 5.74) is -2.52. The molecule has 0 fully saturated rings. The quantitative estimate of drug-likeness (QED) is 0.498. The molecule has 0 aliphatic heterocycles. The van der Waals surface area contributed by atoms with Crippen molar-refractivity contribution in [3.8, 4) is 0 Å². The first kappa shape index (κ1) is 9.77. The number of allylic oxidation sites excluding steroid dienone is 1. The van der Waals surface area contributed by atoms with Crippen LogP contribution in [0.5, 0.6) is 0 Å². The van der Waals surface area contributed by atoms with E-state index in [1.807, 2.05) is 0 Å². The monoisotopic (exact) mass is 184 g/mol. The van der Waals surface area contributed by atoms with E-state index in [9.17, 15) is 9.59 Å². The summed E-state index contributed by atoms with van der Waals surface area (Å²) in [5.74, 6) is -2.59. The fourth-order valence-electron chi connectivity index (χ4n) is 1.73. The predicted octanol–water partition coefficient (Wildman–Crippen LogP) is 1.13. The Morgan fingerprint density at radius 2 is 1.69 bits per heavy atom. The second-order valence-electron chi connectivity index (χ2n) is 3.91. The van der Waals surface area contributed by atoms with E-state index in [1.165, 1.54) is 6.08 Å². The summed E-state index contributed by atoms with van der Waals surface area (Å²) in [5, 5.41) is 17.9. The van der Waals surface area contributed by atoms with Crippen molar-refractivity contribution < 1.29 is 19.8 Å². The lowest BCUT2D eigenvalue weighted by Gasteiger charge is -2.32. The highest BCUT2D eigenvalue weighted by molar-refractivity contribution is 6.02. The van der Waals surface area contributed by atoms with Crippen molar-refractivity contribution >= 4 is 11.9 Å². The van der Waals surface area contributed by atoms with Gasteiger partial charge < -0.3 is 10.2 Å². The predicted molar refractivity (Wildman–Crippen MR) is 45.2 cm³/mol.